The third kappa shape index (κ3) is 4.67. The molecule has 0 bridgehead atoms. The van der Waals surface area contributed by atoms with Crippen molar-refractivity contribution >= 4 is 11.6 Å². The van der Waals surface area contributed by atoms with Crippen LogP contribution in [0, 0.1) is 6.92 Å². The highest BCUT2D eigenvalue weighted by atomic mass is 15.1. The van der Waals surface area contributed by atoms with Crippen LogP contribution in [0.3, 0.4) is 0 Å². The van der Waals surface area contributed by atoms with Crippen molar-refractivity contribution in [3.05, 3.63) is 11.9 Å². The van der Waals surface area contributed by atoms with Crippen molar-refractivity contribution < 1.29 is 0 Å². The number of piperidine rings is 1. The molecule has 0 aliphatic carbocycles. The normalized spacial score (nSPS) is 17.3. The molecule has 1 aliphatic rings. The summed E-state index contributed by atoms with van der Waals surface area (Å²) in [5.74, 6) is 2.60. The topological polar surface area (TPSA) is 61.9 Å². The quantitative estimate of drug-likeness (QED) is 0.780. The Morgan fingerprint density at radius 3 is 2.42 bits per heavy atom. The highest BCUT2D eigenvalue weighted by Crippen LogP contribution is 2.18. The highest BCUT2D eigenvalue weighted by Gasteiger charge is 2.15. The predicted molar refractivity (Wildman–Crippen MR) is 79.7 cm³/mol. The van der Waals surface area contributed by atoms with Crippen LogP contribution in [0.1, 0.15) is 39.4 Å². The first kappa shape index (κ1) is 14.1. The Balaban J connectivity index is 2.07. The lowest BCUT2D eigenvalue weighted by Crippen LogP contribution is -2.35. The van der Waals surface area contributed by atoms with E-state index in [0.29, 0.717) is 6.04 Å². The van der Waals surface area contributed by atoms with Gasteiger partial charge in [0.25, 0.3) is 0 Å². The Kier molecular flexibility index (Phi) is 4.24. The summed E-state index contributed by atoms with van der Waals surface area (Å²) in [5, 5.41) is 10.3. The van der Waals surface area contributed by atoms with E-state index in [1.807, 2.05) is 13.0 Å². The monoisotopic (exact) mass is 263 g/mol. The van der Waals surface area contributed by atoms with Gasteiger partial charge in [-0.15, -0.1) is 0 Å². The van der Waals surface area contributed by atoms with E-state index in [2.05, 4.69) is 46.7 Å². The Morgan fingerprint density at radius 1 is 1.16 bits per heavy atom. The van der Waals surface area contributed by atoms with Crippen LogP contribution in [-0.4, -0.2) is 34.6 Å². The van der Waals surface area contributed by atoms with Crippen LogP contribution >= 0.6 is 0 Å². The Hall–Kier alpha value is -1.36. The number of nitrogens with zero attached hydrogens (tertiary/aromatic N) is 2. The fourth-order valence-electron chi connectivity index (χ4n) is 2.27. The van der Waals surface area contributed by atoms with Gasteiger partial charge in [-0.3, -0.25) is 0 Å². The fraction of sp³-hybridized carbons (Fsp3) is 0.714. The second kappa shape index (κ2) is 5.74. The molecule has 0 saturated carbocycles. The third-order valence-corrected chi connectivity index (χ3v) is 3.03. The maximum absolute atomic E-state index is 4.48. The lowest BCUT2D eigenvalue weighted by atomic mass is 10.1. The maximum atomic E-state index is 4.48. The van der Waals surface area contributed by atoms with Crippen molar-refractivity contribution in [2.75, 3.05) is 23.7 Å². The van der Waals surface area contributed by atoms with Gasteiger partial charge in [0.05, 0.1) is 0 Å². The number of hydrogen-bond acceptors (Lipinski definition) is 5. The Morgan fingerprint density at radius 2 is 1.79 bits per heavy atom. The number of nitrogens with one attached hydrogen (secondary N) is 3. The van der Waals surface area contributed by atoms with Crippen LogP contribution in [0.25, 0.3) is 0 Å². The summed E-state index contributed by atoms with van der Waals surface area (Å²) in [6.45, 7) is 10.5. The van der Waals surface area contributed by atoms with Gasteiger partial charge >= 0.3 is 0 Å². The average Bonchev–Trinajstić information content (AvgIpc) is 2.26. The van der Waals surface area contributed by atoms with Crippen LogP contribution in [0.2, 0.25) is 0 Å². The molecule has 1 aromatic heterocycles. The molecule has 3 N–H and O–H groups in total. The van der Waals surface area contributed by atoms with Crippen molar-refractivity contribution in [1.82, 2.24) is 15.3 Å². The van der Waals surface area contributed by atoms with Crippen LogP contribution in [0.4, 0.5) is 11.6 Å². The van der Waals surface area contributed by atoms with Crippen LogP contribution in [-0.2, 0) is 0 Å². The van der Waals surface area contributed by atoms with Crippen molar-refractivity contribution in [2.45, 2.75) is 52.1 Å². The molecule has 2 rings (SSSR count). The second-order valence-corrected chi connectivity index (χ2v) is 6.23. The number of aromatic nitrogens is 2. The first-order valence-corrected chi connectivity index (χ1v) is 7.03. The summed E-state index contributed by atoms with van der Waals surface area (Å²) >= 11 is 0. The summed E-state index contributed by atoms with van der Waals surface area (Å²) in [6.07, 6.45) is 2.29. The summed E-state index contributed by atoms with van der Waals surface area (Å²) in [6, 6.07) is 2.51. The smallest absolute Gasteiger partial charge is 0.132 e. The molecule has 1 saturated heterocycles. The zero-order valence-corrected chi connectivity index (χ0v) is 12.4. The van der Waals surface area contributed by atoms with Gasteiger partial charge in [0, 0.05) is 17.6 Å². The van der Waals surface area contributed by atoms with E-state index in [4.69, 9.17) is 0 Å². The van der Waals surface area contributed by atoms with Gasteiger partial charge in [0.2, 0.25) is 0 Å². The van der Waals surface area contributed by atoms with E-state index in [1.54, 1.807) is 0 Å². The molecule has 106 valence electrons. The summed E-state index contributed by atoms with van der Waals surface area (Å²) in [4.78, 5) is 8.91. The lowest BCUT2D eigenvalue weighted by molar-refractivity contribution is 0.478. The molecule has 0 spiro atoms. The van der Waals surface area contributed by atoms with Crippen LogP contribution in [0.15, 0.2) is 6.07 Å². The largest absolute Gasteiger partial charge is 0.367 e. The molecular formula is C14H25N5. The van der Waals surface area contributed by atoms with Crippen molar-refractivity contribution in [3.8, 4) is 0 Å². The van der Waals surface area contributed by atoms with E-state index in [1.165, 1.54) is 0 Å². The van der Waals surface area contributed by atoms with Crippen molar-refractivity contribution in [2.24, 2.45) is 0 Å². The van der Waals surface area contributed by atoms with Crippen molar-refractivity contribution in [3.63, 3.8) is 0 Å². The molecule has 1 aliphatic heterocycles. The Bertz CT molecular complexity index is 418. The molecule has 0 atom stereocenters. The molecule has 0 radical (unpaired) electrons. The molecule has 2 heterocycles. The fourth-order valence-corrected chi connectivity index (χ4v) is 2.27. The first-order valence-electron chi connectivity index (χ1n) is 7.03. The summed E-state index contributed by atoms with van der Waals surface area (Å²) in [7, 11) is 0. The minimum absolute atomic E-state index is 0.00677. The minimum atomic E-state index is 0.00677. The van der Waals surface area contributed by atoms with Crippen LogP contribution < -0.4 is 16.0 Å². The van der Waals surface area contributed by atoms with E-state index in [9.17, 15) is 0 Å². The second-order valence-electron chi connectivity index (χ2n) is 6.23. The standard InChI is InChI=1S/C14H25N5/c1-10-16-12(18-11-5-7-15-8-6-11)9-13(17-10)19-14(2,3)4/h9,11,15H,5-8H2,1-4H3,(H2,16,17,18,19). The summed E-state index contributed by atoms with van der Waals surface area (Å²) in [5.41, 5.74) is 0.00677. The van der Waals surface area contributed by atoms with Gasteiger partial charge in [-0.05, 0) is 53.6 Å². The zero-order valence-electron chi connectivity index (χ0n) is 12.4. The number of aryl methyl sites for hydroxylation is 1. The molecule has 0 unspecified atom stereocenters. The average molecular weight is 263 g/mol. The van der Waals surface area contributed by atoms with E-state index in [-0.39, 0.29) is 5.54 Å². The molecule has 5 nitrogen and oxygen atoms in total. The third-order valence-electron chi connectivity index (χ3n) is 3.03. The summed E-state index contributed by atoms with van der Waals surface area (Å²) < 4.78 is 0. The first-order chi connectivity index (χ1) is 8.92. The number of anilines is 2. The highest BCUT2D eigenvalue weighted by molar-refractivity contribution is 5.49. The van der Waals surface area contributed by atoms with Gasteiger partial charge in [-0.2, -0.15) is 0 Å². The van der Waals surface area contributed by atoms with E-state index < -0.39 is 0 Å². The molecule has 1 aromatic rings. The molecule has 1 fully saturated rings. The molecule has 0 amide bonds. The maximum Gasteiger partial charge on any atom is 0.132 e. The predicted octanol–water partition coefficient (Wildman–Crippen LogP) is 2.16. The van der Waals surface area contributed by atoms with Crippen molar-refractivity contribution in [1.29, 1.82) is 0 Å². The Labute approximate surface area is 115 Å². The molecular weight excluding hydrogens is 238 g/mol. The van der Waals surface area contributed by atoms with Gasteiger partial charge in [0.1, 0.15) is 17.5 Å². The lowest BCUT2D eigenvalue weighted by Gasteiger charge is -2.25. The van der Waals surface area contributed by atoms with Gasteiger partial charge in [-0.25, -0.2) is 9.97 Å². The zero-order chi connectivity index (χ0) is 13.9. The number of hydrogen-bond donors (Lipinski definition) is 3. The van der Waals surface area contributed by atoms with Gasteiger partial charge < -0.3 is 16.0 Å². The van der Waals surface area contributed by atoms with Gasteiger partial charge in [0.15, 0.2) is 0 Å². The van der Waals surface area contributed by atoms with Gasteiger partial charge in [-0.1, -0.05) is 0 Å². The molecule has 0 aromatic carbocycles. The van der Waals surface area contributed by atoms with E-state index in [0.717, 1.165) is 43.4 Å². The van der Waals surface area contributed by atoms with Crippen LogP contribution in [0.5, 0.6) is 0 Å². The van der Waals surface area contributed by atoms with E-state index >= 15 is 0 Å². The minimum Gasteiger partial charge on any atom is -0.367 e. The molecule has 5 heteroatoms. The number of rotatable bonds is 3. The SMILES string of the molecule is Cc1nc(NC2CCNCC2)cc(NC(C)(C)C)n1. The molecule has 19 heavy (non-hydrogen) atoms.